The van der Waals surface area contributed by atoms with Crippen molar-refractivity contribution < 1.29 is 4.79 Å². The molecule has 2 aromatic carbocycles. The molecule has 1 aromatic heterocycles. The highest BCUT2D eigenvalue weighted by molar-refractivity contribution is 6.30. The number of hydrogen-bond acceptors (Lipinski definition) is 3. The first-order valence-corrected chi connectivity index (χ1v) is 11.5. The van der Waals surface area contributed by atoms with Crippen LogP contribution in [-0.2, 0) is 4.79 Å². The van der Waals surface area contributed by atoms with Crippen LogP contribution in [0.15, 0.2) is 47.3 Å². The Morgan fingerprint density at radius 3 is 2.44 bits per heavy atom. The zero-order chi connectivity index (χ0) is 23.6. The Labute approximate surface area is 195 Å². The van der Waals surface area contributed by atoms with Crippen LogP contribution in [0.25, 0.3) is 16.6 Å². The van der Waals surface area contributed by atoms with Crippen LogP contribution in [-0.4, -0.2) is 26.9 Å². The molecule has 0 aliphatic rings. The third kappa shape index (κ3) is 4.88. The number of nitrogens with zero attached hydrogens (tertiary/aromatic N) is 3. The van der Waals surface area contributed by atoms with Gasteiger partial charge in [-0.25, -0.2) is 4.98 Å². The van der Waals surface area contributed by atoms with E-state index in [1.54, 1.807) is 16.7 Å². The van der Waals surface area contributed by atoms with Crippen molar-refractivity contribution in [3.05, 3.63) is 69.2 Å². The predicted molar refractivity (Wildman–Crippen MR) is 132 cm³/mol. The van der Waals surface area contributed by atoms with Gasteiger partial charge in [-0.2, -0.15) is 0 Å². The standard InChI is InChI=1S/C26H32ClN3O2/c1-7-21(29(8-2)23(31)16-26(4,5)6)24-28-20-12-10-9-11-19(20)25(32)30(24)22-14-13-18(27)15-17(22)3/h9-15,21H,7-8,16H2,1-6H3. The summed E-state index contributed by atoms with van der Waals surface area (Å²) < 4.78 is 1.66. The van der Waals surface area contributed by atoms with E-state index in [2.05, 4.69) is 20.8 Å². The van der Waals surface area contributed by atoms with E-state index in [1.807, 2.05) is 56.0 Å². The number of benzene rings is 2. The molecule has 0 aliphatic heterocycles. The van der Waals surface area contributed by atoms with E-state index < -0.39 is 0 Å². The van der Waals surface area contributed by atoms with Crippen LogP contribution in [0.3, 0.4) is 0 Å². The second-order valence-corrected chi connectivity index (χ2v) is 9.84. The predicted octanol–water partition coefficient (Wildman–Crippen LogP) is 6.08. The average molecular weight is 454 g/mol. The molecule has 3 aromatic rings. The summed E-state index contributed by atoms with van der Waals surface area (Å²) in [6.07, 6.45) is 1.07. The minimum absolute atomic E-state index is 0.0636. The highest BCUT2D eigenvalue weighted by Gasteiger charge is 2.30. The van der Waals surface area contributed by atoms with Gasteiger partial charge in [0.1, 0.15) is 5.82 Å². The van der Waals surface area contributed by atoms with Gasteiger partial charge < -0.3 is 4.90 Å². The number of para-hydroxylation sites is 1. The number of carbonyl (C=O) groups excluding carboxylic acids is 1. The third-order valence-electron chi connectivity index (χ3n) is 5.60. The normalized spacial score (nSPS) is 12.7. The van der Waals surface area contributed by atoms with Gasteiger partial charge in [0, 0.05) is 18.0 Å². The maximum atomic E-state index is 13.7. The van der Waals surface area contributed by atoms with Crippen molar-refractivity contribution in [2.45, 2.75) is 60.4 Å². The molecule has 0 fully saturated rings. The monoisotopic (exact) mass is 453 g/mol. The van der Waals surface area contributed by atoms with Gasteiger partial charge in [-0.15, -0.1) is 0 Å². The summed E-state index contributed by atoms with van der Waals surface area (Å²) in [5.41, 5.74) is 1.95. The maximum absolute atomic E-state index is 13.7. The molecule has 1 heterocycles. The number of aryl methyl sites for hydroxylation is 1. The van der Waals surface area contributed by atoms with Gasteiger partial charge in [-0.05, 0) is 61.6 Å². The van der Waals surface area contributed by atoms with Crippen LogP contribution in [0.2, 0.25) is 5.02 Å². The molecular formula is C26H32ClN3O2. The fourth-order valence-electron chi connectivity index (χ4n) is 4.14. The van der Waals surface area contributed by atoms with Crippen molar-refractivity contribution in [3.8, 4) is 5.69 Å². The SMILES string of the molecule is CCC(c1nc2ccccc2c(=O)n1-c1ccc(Cl)cc1C)N(CC)C(=O)CC(C)(C)C. The number of amides is 1. The third-order valence-corrected chi connectivity index (χ3v) is 5.84. The zero-order valence-corrected chi connectivity index (χ0v) is 20.5. The maximum Gasteiger partial charge on any atom is 0.266 e. The molecule has 0 spiro atoms. The Morgan fingerprint density at radius 1 is 1.16 bits per heavy atom. The van der Waals surface area contributed by atoms with Crippen molar-refractivity contribution in [1.82, 2.24) is 14.5 Å². The van der Waals surface area contributed by atoms with Gasteiger partial charge >= 0.3 is 0 Å². The number of rotatable bonds is 6. The molecule has 0 radical (unpaired) electrons. The lowest BCUT2D eigenvalue weighted by atomic mass is 9.91. The first-order valence-electron chi connectivity index (χ1n) is 11.1. The quantitative estimate of drug-likeness (QED) is 0.454. The Balaban J connectivity index is 2.29. The Hall–Kier alpha value is -2.66. The smallest absolute Gasteiger partial charge is 0.266 e. The molecule has 32 heavy (non-hydrogen) atoms. The van der Waals surface area contributed by atoms with E-state index in [4.69, 9.17) is 16.6 Å². The second kappa shape index (κ2) is 9.45. The molecule has 0 saturated carbocycles. The summed E-state index contributed by atoms with van der Waals surface area (Å²) in [6.45, 7) is 12.6. The fourth-order valence-corrected chi connectivity index (χ4v) is 4.37. The van der Waals surface area contributed by atoms with Gasteiger partial charge in [-0.3, -0.25) is 14.2 Å². The van der Waals surface area contributed by atoms with Crippen LogP contribution in [0, 0.1) is 12.3 Å². The van der Waals surface area contributed by atoms with Crippen LogP contribution < -0.4 is 5.56 Å². The van der Waals surface area contributed by atoms with Crippen LogP contribution in [0.1, 0.15) is 64.9 Å². The van der Waals surface area contributed by atoms with Crippen molar-refractivity contribution in [3.63, 3.8) is 0 Å². The van der Waals surface area contributed by atoms with E-state index in [1.165, 1.54) is 0 Å². The first-order chi connectivity index (χ1) is 15.1. The molecule has 1 amide bonds. The Kier molecular flexibility index (Phi) is 7.09. The summed E-state index contributed by atoms with van der Waals surface area (Å²) in [7, 11) is 0. The highest BCUT2D eigenvalue weighted by atomic mass is 35.5. The molecule has 6 heteroatoms. The second-order valence-electron chi connectivity index (χ2n) is 9.40. The van der Waals surface area contributed by atoms with Gasteiger partial charge in [-0.1, -0.05) is 51.4 Å². The largest absolute Gasteiger partial charge is 0.333 e. The van der Waals surface area contributed by atoms with Gasteiger partial charge in [0.2, 0.25) is 5.91 Å². The lowest BCUT2D eigenvalue weighted by Crippen LogP contribution is -2.39. The average Bonchev–Trinajstić information content (AvgIpc) is 2.71. The van der Waals surface area contributed by atoms with E-state index in [9.17, 15) is 9.59 Å². The number of hydrogen-bond donors (Lipinski definition) is 0. The molecule has 170 valence electrons. The van der Waals surface area contributed by atoms with E-state index >= 15 is 0 Å². The van der Waals surface area contributed by atoms with E-state index in [-0.39, 0.29) is 22.9 Å². The van der Waals surface area contributed by atoms with Crippen molar-refractivity contribution in [2.24, 2.45) is 5.41 Å². The van der Waals surface area contributed by atoms with E-state index in [0.29, 0.717) is 41.1 Å². The molecule has 0 bridgehead atoms. The van der Waals surface area contributed by atoms with Crippen molar-refractivity contribution >= 4 is 28.4 Å². The van der Waals surface area contributed by atoms with Crippen LogP contribution in [0.5, 0.6) is 0 Å². The first kappa shape index (κ1) is 24.0. The minimum atomic E-state index is -0.331. The lowest BCUT2D eigenvalue weighted by Gasteiger charge is -2.33. The number of aromatic nitrogens is 2. The van der Waals surface area contributed by atoms with Gasteiger partial charge in [0.15, 0.2) is 0 Å². The topological polar surface area (TPSA) is 55.2 Å². The molecule has 1 unspecified atom stereocenters. The fraction of sp³-hybridized carbons (Fsp3) is 0.423. The number of fused-ring (bicyclic) bond motifs is 1. The summed E-state index contributed by atoms with van der Waals surface area (Å²) in [5.74, 6) is 0.638. The Morgan fingerprint density at radius 2 is 1.84 bits per heavy atom. The molecule has 0 N–H and O–H groups in total. The summed E-state index contributed by atoms with van der Waals surface area (Å²) in [6, 6.07) is 12.5. The number of carbonyl (C=O) groups is 1. The Bertz CT molecular complexity index is 1190. The zero-order valence-electron chi connectivity index (χ0n) is 19.8. The highest BCUT2D eigenvalue weighted by Crippen LogP contribution is 2.30. The molecule has 0 saturated heterocycles. The van der Waals surface area contributed by atoms with Gasteiger partial charge in [0.25, 0.3) is 5.56 Å². The van der Waals surface area contributed by atoms with Crippen molar-refractivity contribution in [1.29, 1.82) is 0 Å². The summed E-state index contributed by atoms with van der Waals surface area (Å²) in [4.78, 5) is 33.7. The van der Waals surface area contributed by atoms with Gasteiger partial charge in [0.05, 0.1) is 22.6 Å². The summed E-state index contributed by atoms with van der Waals surface area (Å²) >= 11 is 6.19. The van der Waals surface area contributed by atoms with Crippen LogP contribution >= 0.6 is 11.6 Å². The molecule has 5 nitrogen and oxygen atoms in total. The van der Waals surface area contributed by atoms with Crippen LogP contribution in [0.4, 0.5) is 0 Å². The molecule has 3 rings (SSSR count). The van der Waals surface area contributed by atoms with E-state index in [0.717, 1.165) is 11.3 Å². The molecular weight excluding hydrogens is 422 g/mol. The molecule has 1 atom stereocenters. The minimum Gasteiger partial charge on any atom is -0.333 e. The summed E-state index contributed by atoms with van der Waals surface area (Å²) in [5, 5.41) is 1.15. The number of halogens is 1. The van der Waals surface area contributed by atoms with Crippen molar-refractivity contribution in [2.75, 3.05) is 6.54 Å². The molecule has 0 aliphatic carbocycles. The lowest BCUT2D eigenvalue weighted by molar-refractivity contribution is -0.135.